The standard InChI is InChI=1S/C12H16F3N3O/c1-3-17-10-7-16-5-4-9(10)11(19)18-8(2)6-12(13,14)15/h4-5,7-8,17H,3,6H2,1-2H3,(H,18,19). The average Bonchev–Trinajstić information content (AvgIpc) is 2.27. The molecule has 2 N–H and O–H groups in total. The number of nitrogens with zero attached hydrogens (tertiary/aromatic N) is 1. The van der Waals surface area contributed by atoms with Gasteiger partial charge >= 0.3 is 6.18 Å². The molecule has 1 unspecified atom stereocenters. The van der Waals surface area contributed by atoms with Gasteiger partial charge in [-0.25, -0.2) is 0 Å². The smallest absolute Gasteiger partial charge is 0.383 e. The summed E-state index contributed by atoms with van der Waals surface area (Å²) in [6, 6.07) is 0.489. The second-order valence-electron chi connectivity index (χ2n) is 4.15. The van der Waals surface area contributed by atoms with Crippen LogP contribution in [0.1, 0.15) is 30.6 Å². The van der Waals surface area contributed by atoms with Crippen molar-refractivity contribution in [3.8, 4) is 0 Å². The number of rotatable bonds is 5. The Labute approximate surface area is 109 Å². The van der Waals surface area contributed by atoms with Gasteiger partial charge in [-0.15, -0.1) is 0 Å². The molecule has 0 aliphatic carbocycles. The molecule has 0 bridgehead atoms. The van der Waals surface area contributed by atoms with Gasteiger partial charge in [0.1, 0.15) is 0 Å². The van der Waals surface area contributed by atoms with Crippen LogP contribution in [-0.4, -0.2) is 29.7 Å². The summed E-state index contributed by atoms with van der Waals surface area (Å²) < 4.78 is 36.6. The molecule has 7 heteroatoms. The van der Waals surface area contributed by atoms with Crippen LogP contribution in [0.4, 0.5) is 18.9 Å². The third kappa shape index (κ3) is 5.15. The molecule has 1 atom stereocenters. The van der Waals surface area contributed by atoms with Crippen LogP contribution in [0.3, 0.4) is 0 Å². The molecule has 1 aromatic heterocycles. The molecular weight excluding hydrogens is 259 g/mol. The van der Waals surface area contributed by atoms with Crippen molar-refractivity contribution in [1.29, 1.82) is 0 Å². The topological polar surface area (TPSA) is 54.0 Å². The third-order valence-electron chi connectivity index (χ3n) is 2.35. The van der Waals surface area contributed by atoms with E-state index in [0.717, 1.165) is 0 Å². The molecule has 1 rings (SSSR count). The SMILES string of the molecule is CCNc1cnccc1C(=O)NC(C)CC(F)(F)F. The van der Waals surface area contributed by atoms with Crippen LogP contribution in [0.2, 0.25) is 0 Å². The highest BCUT2D eigenvalue weighted by molar-refractivity contribution is 5.99. The summed E-state index contributed by atoms with van der Waals surface area (Å²) >= 11 is 0. The maximum atomic E-state index is 12.2. The lowest BCUT2D eigenvalue weighted by Gasteiger charge is -2.17. The van der Waals surface area contributed by atoms with Crippen LogP contribution in [0.25, 0.3) is 0 Å². The maximum absolute atomic E-state index is 12.2. The second-order valence-corrected chi connectivity index (χ2v) is 4.15. The van der Waals surface area contributed by atoms with Gasteiger partial charge in [-0.3, -0.25) is 9.78 Å². The van der Waals surface area contributed by atoms with Gasteiger partial charge in [-0.1, -0.05) is 0 Å². The van der Waals surface area contributed by atoms with E-state index in [1.165, 1.54) is 25.4 Å². The summed E-state index contributed by atoms with van der Waals surface area (Å²) in [6.07, 6.45) is -2.47. The number of alkyl halides is 3. The quantitative estimate of drug-likeness (QED) is 0.868. The Morgan fingerprint density at radius 1 is 1.47 bits per heavy atom. The molecule has 0 saturated heterocycles. The highest BCUT2D eigenvalue weighted by Gasteiger charge is 2.30. The van der Waals surface area contributed by atoms with Crippen molar-refractivity contribution in [2.24, 2.45) is 0 Å². The highest BCUT2D eigenvalue weighted by Crippen LogP contribution is 2.22. The van der Waals surface area contributed by atoms with Gasteiger partial charge in [0.05, 0.1) is 23.9 Å². The minimum absolute atomic E-state index is 0.283. The molecule has 1 heterocycles. The van der Waals surface area contributed by atoms with Crippen LogP contribution in [0.5, 0.6) is 0 Å². The summed E-state index contributed by atoms with van der Waals surface area (Å²) in [5.74, 6) is -0.546. The Morgan fingerprint density at radius 2 is 2.16 bits per heavy atom. The molecule has 4 nitrogen and oxygen atoms in total. The fourth-order valence-electron chi connectivity index (χ4n) is 1.62. The number of carbonyl (C=O) groups excluding carboxylic acids is 1. The molecule has 1 aromatic rings. The fraction of sp³-hybridized carbons (Fsp3) is 0.500. The minimum Gasteiger partial charge on any atom is -0.383 e. The molecule has 0 saturated carbocycles. The normalized spacial score (nSPS) is 12.9. The first-order valence-corrected chi connectivity index (χ1v) is 5.89. The van der Waals surface area contributed by atoms with Crippen molar-refractivity contribution in [2.75, 3.05) is 11.9 Å². The molecular formula is C12H16F3N3O. The molecule has 0 aliphatic heterocycles. The van der Waals surface area contributed by atoms with Crippen molar-refractivity contribution in [3.05, 3.63) is 24.0 Å². The maximum Gasteiger partial charge on any atom is 0.391 e. The van der Waals surface area contributed by atoms with E-state index < -0.39 is 24.5 Å². The number of halogens is 3. The number of anilines is 1. The lowest BCUT2D eigenvalue weighted by Crippen LogP contribution is -2.36. The zero-order chi connectivity index (χ0) is 14.5. The molecule has 0 radical (unpaired) electrons. The minimum atomic E-state index is -4.30. The van der Waals surface area contributed by atoms with Gasteiger partial charge in [-0.2, -0.15) is 13.2 Å². The largest absolute Gasteiger partial charge is 0.391 e. The summed E-state index contributed by atoms with van der Waals surface area (Å²) in [5.41, 5.74) is 0.785. The zero-order valence-electron chi connectivity index (χ0n) is 10.7. The van der Waals surface area contributed by atoms with Gasteiger partial charge < -0.3 is 10.6 Å². The Hall–Kier alpha value is -1.79. The molecule has 0 aliphatic rings. The fourth-order valence-corrected chi connectivity index (χ4v) is 1.62. The predicted octanol–water partition coefficient (Wildman–Crippen LogP) is 2.58. The van der Waals surface area contributed by atoms with E-state index in [2.05, 4.69) is 15.6 Å². The van der Waals surface area contributed by atoms with Crippen LogP contribution in [-0.2, 0) is 0 Å². The first-order chi connectivity index (χ1) is 8.83. The Morgan fingerprint density at radius 3 is 2.74 bits per heavy atom. The van der Waals surface area contributed by atoms with Crippen LogP contribution >= 0.6 is 0 Å². The zero-order valence-corrected chi connectivity index (χ0v) is 10.7. The van der Waals surface area contributed by atoms with E-state index in [9.17, 15) is 18.0 Å². The van der Waals surface area contributed by atoms with Crippen molar-refractivity contribution in [2.45, 2.75) is 32.5 Å². The second kappa shape index (κ2) is 6.40. The first-order valence-electron chi connectivity index (χ1n) is 5.89. The van der Waals surface area contributed by atoms with Crippen LogP contribution < -0.4 is 10.6 Å². The molecule has 0 spiro atoms. The van der Waals surface area contributed by atoms with Crippen molar-refractivity contribution >= 4 is 11.6 Å². The molecule has 19 heavy (non-hydrogen) atoms. The van der Waals surface area contributed by atoms with E-state index in [1.54, 1.807) is 0 Å². The molecule has 1 amide bonds. The summed E-state index contributed by atoms with van der Waals surface area (Å²) in [5, 5.41) is 5.26. The van der Waals surface area contributed by atoms with Crippen molar-refractivity contribution < 1.29 is 18.0 Å². The third-order valence-corrected chi connectivity index (χ3v) is 2.35. The number of carbonyl (C=O) groups is 1. The number of nitrogens with one attached hydrogen (secondary N) is 2. The summed E-state index contributed by atoms with van der Waals surface area (Å²) in [4.78, 5) is 15.8. The van der Waals surface area contributed by atoms with E-state index >= 15 is 0 Å². The van der Waals surface area contributed by atoms with Crippen molar-refractivity contribution in [3.63, 3.8) is 0 Å². The van der Waals surface area contributed by atoms with Crippen LogP contribution in [0, 0.1) is 0 Å². The molecule has 0 fully saturated rings. The van der Waals surface area contributed by atoms with E-state index in [0.29, 0.717) is 12.2 Å². The Balaban J connectivity index is 2.73. The monoisotopic (exact) mass is 275 g/mol. The van der Waals surface area contributed by atoms with E-state index in [1.807, 2.05) is 6.92 Å². The summed E-state index contributed by atoms with van der Waals surface area (Å²) in [6.45, 7) is 3.75. The van der Waals surface area contributed by atoms with Gasteiger partial charge in [0.25, 0.3) is 5.91 Å². The highest BCUT2D eigenvalue weighted by atomic mass is 19.4. The Bertz CT molecular complexity index is 434. The number of hydrogen-bond donors (Lipinski definition) is 2. The lowest BCUT2D eigenvalue weighted by molar-refractivity contribution is -0.138. The number of pyridine rings is 1. The van der Waals surface area contributed by atoms with Gasteiger partial charge in [0, 0.05) is 18.8 Å². The van der Waals surface area contributed by atoms with Crippen molar-refractivity contribution in [1.82, 2.24) is 10.3 Å². The van der Waals surface area contributed by atoms with Crippen LogP contribution in [0.15, 0.2) is 18.5 Å². The molecule has 0 aromatic carbocycles. The average molecular weight is 275 g/mol. The van der Waals surface area contributed by atoms with Gasteiger partial charge in [0.2, 0.25) is 0 Å². The van der Waals surface area contributed by atoms with E-state index in [4.69, 9.17) is 0 Å². The van der Waals surface area contributed by atoms with E-state index in [-0.39, 0.29) is 5.56 Å². The number of hydrogen-bond acceptors (Lipinski definition) is 3. The lowest BCUT2D eigenvalue weighted by atomic mass is 10.1. The summed E-state index contributed by atoms with van der Waals surface area (Å²) in [7, 11) is 0. The first kappa shape index (κ1) is 15.3. The van der Waals surface area contributed by atoms with Gasteiger partial charge in [0.15, 0.2) is 0 Å². The number of aromatic nitrogens is 1. The predicted molar refractivity (Wildman–Crippen MR) is 66.0 cm³/mol. The molecule has 106 valence electrons. The van der Waals surface area contributed by atoms with Gasteiger partial charge in [-0.05, 0) is 19.9 Å². The number of amides is 1. The Kier molecular flexibility index (Phi) is 5.14.